The van der Waals surface area contributed by atoms with Crippen molar-refractivity contribution < 1.29 is 9.50 Å². The molecule has 14 heavy (non-hydrogen) atoms. The smallest absolute Gasteiger partial charge is 0.127 e. The van der Waals surface area contributed by atoms with E-state index in [2.05, 4.69) is 0 Å². The van der Waals surface area contributed by atoms with Gasteiger partial charge in [0, 0.05) is 17.1 Å². The molecule has 2 nitrogen and oxygen atoms in total. The first-order chi connectivity index (χ1) is 6.65. The number of aliphatic hydroxyl groups is 1. The number of nitrogens with two attached hydrogens (primary N) is 1. The lowest BCUT2D eigenvalue weighted by molar-refractivity contribution is 0.173. The monoisotopic (exact) mass is 217 g/mol. The number of hydrogen-bond acceptors (Lipinski definition) is 2. The topological polar surface area (TPSA) is 46.2 Å². The van der Waals surface area contributed by atoms with E-state index in [9.17, 15) is 9.50 Å². The lowest BCUT2D eigenvalue weighted by Crippen LogP contribution is -2.20. The van der Waals surface area contributed by atoms with E-state index in [0.717, 1.165) is 0 Å². The van der Waals surface area contributed by atoms with Crippen molar-refractivity contribution in [2.75, 3.05) is 6.54 Å². The Bertz CT molecular complexity index is 286. The number of rotatable bonds is 4. The number of halogens is 2. The average molecular weight is 218 g/mol. The summed E-state index contributed by atoms with van der Waals surface area (Å²) < 4.78 is 13.2. The van der Waals surface area contributed by atoms with Crippen molar-refractivity contribution in [2.24, 2.45) is 5.73 Å². The minimum absolute atomic E-state index is 0.187. The van der Waals surface area contributed by atoms with Crippen LogP contribution in [0.15, 0.2) is 18.2 Å². The van der Waals surface area contributed by atoms with Gasteiger partial charge >= 0.3 is 0 Å². The number of aliphatic hydroxyl groups excluding tert-OH is 1. The van der Waals surface area contributed by atoms with E-state index in [0.29, 0.717) is 23.4 Å². The van der Waals surface area contributed by atoms with Crippen LogP contribution in [0.25, 0.3) is 0 Å². The Morgan fingerprint density at radius 1 is 1.50 bits per heavy atom. The highest BCUT2D eigenvalue weighted by Gasteiger charge is 2.08. The van der Waals surface area contributed by atoms with Crippen LogP contribution in [-0.2, 0) is 6.42 Å². The lowest BCUT2D eigenvalue weighted by atomic mass is 10.1. The van der Waals surface area contributed by atoms with Gasteiger partial charge < -0.3 is 10.8 Å². The molecule has 0 fully saturated rings. The third-order valence-corrected chi connectivity index (χ3v) is 2.42. The van der Waals surface area contributed by atoms with E-state index in [1.807, 2.05) is 0 Å². The van der Waals surface area contributed by atoms with E-state index in [4.69, 9.17) is 17.3 Å². The standard InChI is InChI=1S/C10H13ClFNO/c11-9-2-1-3-10(12)8(9)5-4-7(14)6-13/h1-3,7,14H,4-6,13H2. The fourth-order valence-corrected chi connectivity index (χ4v) is 1.46. The van der Waals surface area contributed by atoms with Crippen molar-refractivity contribution in [1.82, 2.24) is 0 Å². The highest BCUT2D eigenvalue weighted by atomic mass is 35.5. The molecule has 1 aromatic rings. The van der Waals surface area contributed by atoms with Gasteiger partial charge in [-0.05, 0) is 25.0 Å². The van der Waals surface area contributed by atoms with Crippen LogP contribution in [0.1, 0.15) is 12.0 Å². The van der Waals surface area contributed by atoms with Gasteiger partial charge in [0.1, 0.15) is 5.82 Å². The third-order valence-electron chi connectivity index (χ3n) is 2.06. The molecule has 0 aliphatic carbocycles. The summed E-state index contributed by atoms with van der Waals surface area (Å²) in [6.45, 7) is 0.187. The van der Waals surface area contributed by atoms with Gasteiger partial charge in [0.15, 0.2) is 0 Å². The zero-order valence-electron chi connectivity index (χ0n) is 7.71. The predicted octanol–water partition coefficient (Wildman–Crippen LogP) is 1.73. The van der Waals surface area contributed by atoms with Crippen LogP contribution in [0.2, 0.25) is 5.02 Å². The van der Waals surface area contributed by atoms with E-state index in [1.165, 1.54) is 6.07 Å². The van der Waals surface area contributed by atoms with Crippen molar-refractivity contribution in [3.8, 4) is 0 Å². The molecule has 0 bridgehead atoms. The maximum Gasteiger partial charge on any atom is 0.127 e. The molecule has 0 aromatic heterocycles. The molecule has 1 rings (SSSR count). The van der Waals surface area contributed by atoms with E-state index < -0.39 is 6.10 Å². The minimum Gasteiger partial charge on any atom is -0.392 e. The Hall–Kier alpha value is -0.640. The van der Waals surface area contributed by atoms with Gasteiger partial charge in [-0.2, -0.15) is 0 Å². The SMILES string of the molecule is NCC(O)CCc1c(F)cccc1Cl. The van der Waals surface area contributed by atoms with Gasteiger partial charge in [-0.3, -0.25) is 0 Å². The molecule has 0 aliphatic heterocycles. The van der Waals surface area contributed by atoms with Gasteiger partial charge in [0.05, 0.1) is 6.10 Å². The van der Waals surface area contributed by atoms with Crippen LogP contribution in [-0.4, -0.2) is 17.8 Å². The molecule has 0 saturated carbocycles. The van der Waals surface area contributed by atoms with Gasteiger partial charge in [-0.25, -0.2) is 4.39 Å². The molecule has 1 aromatic carbocycles. The van der Waals surface area contributed by atoms with Crippen molar-refractivity contribution >= 4 is 11.6 Å². The Kier molecular flexibility index (Phi) is 4.32. The molecule has 0 amide bonds. The highest BCUT2D eigenvalue weighted by Crippen LogP contribution is 2.20. The van der Waals surface area contributed by atoms with Crippen molar-refractivity contribution in [3.63, 3.8) is 0 Å². The molecule has 0 heterocycles. The normalized spacial score (nSPS) is 12.9. The minimum atomic E-state index is -0.592. The Morgan fingerprint density at radius 3 is 2.79 bits per heavy atom. The van der Waals surface area contributed by atoms with Crippen LogP contribution < -0.4 is 5.73 Å². The average Bonchev–Trinajstić information content (AvgIpc) is 2.16. The van der Waals surface area contributed by atoms with E-state index in [1.54, 1.807) is 12.1 Å². The van der Waals surface area contributed by atoms with Crippen LogP contribution in [0, 0.1) is 5.82 Å². The molecule has 0 aliphatic rings. The first kappa shape index (κ1) is 11.4. The summed E-state index contributed by atoms with van der Waals surface area (Å²) in [6.07, 6.45) is 0.242. The maximum atomic E-state index is 13.2. The third kappa shape index (κ3) is 2.94. The van der Waals surface area contributed by atoms with Crippen molar-refractivity contribution in [1.29, 1.82) is 0 Å². The van der Waals surface area contributed by atoms with Crippen LogP contribution in [0.3, 0.4) is 0 Å². The summed E-state index contributed by atoms with van der Waals surface area (Å²) in [7, 11) is 0. The van der Waals surface area contributed by atoms with Crippen LogP contribution in [0.5, 0.6) is 0 Å². The quantitative estimate of drug-likeness (QED) is 0.807. The van der Waals surface area contributed by atoms with Crippen LogP contribution in [0.4, 0.5) is 4.39 Å². The van der Waals surface area contributed by atoms with Gasteiger partial charge in [-0.15, -0.1) is 0 Å². The fraction of sp³-hybridized carbons (Fsp3) is 0.400. The van der Waals surface area contributed by atoms with Crippen molar-refractivity contribution in [2.45, 2.75) is 18.9 Å². The highest BCUT2D eigenvalue weighted by molar-refractivity contribution is 6.31. The largest absolute Gasteiger partial charge is 0.392 e. The molecular formula is C10H13ClFNO. The second kappa shape index (κ2) is 5.29. The summed E-state index contributed by atoms with van der Waals surface area (Å²) in [4.78, 5) is 0. The van der Waals surface area contributed by atoms with Gasteiger partial charge in [-0.1, -0.05) is 17.7 Å². The molecule has 78 valence electrons. The number of benzene rings is 1. The molecule has 1 unspecified atom stereocenters. The van der Waals surface area contributed by atoms with Gasteiger partial charge in [0.2, 0.25) is 0 Å². The molecule has 1 atom stereocenters. The second-order valence-corrected chi connectivity index (χ2v) is 3.54. The molecule has 0 radical (unpaired) electrons. The molecule has 0 saturated heterocycles. The Labute approximate surface area is 87.5 Å². The maximum absolute atomic E-state index is 13.2. The first-order valence-electron chi connectivity index (χ1n) is 4.46. The molecule has 0 spiro atoms. The van der Waals surface area contributed by atoms with Gasteiger partial charge in [0.25, 0.3) is 0 Å². The summed E-state index contributed by atoms with van der Waals surface area (Å²) in [5.41, 5.74) is 5.68. The van der Waals surface area contributed by atoms with Crippen LogP contribution >= 0.6 is 11.6 Å². The molecular weight excluding hydrogens is 205 g/mol. The fourth-order valence-electron chi connectivity index (χ4n) is 1.20. The zero-order valence-corrected chi connectivity index (χ0v) is 8.47. The summed E-state index contributed by atoms with van der Waals surface area (Å²) >= 11 is 5.80. The zero-order chi connectivity index (χ0) is 10.6. The predicted molar refractivity (Wildman–Crippen MR) is 54.8 cm³/mol. The Morgan fingerprint density at radius 2 is 2.21 bits per heavy atom. The molecule has 4 heteroatoms. The van der Waals surface area contributed by atoms with Crippen molar-refractivity contribution in [3.05, 3.63) is 34.6 Å². The summed E-state index contributed by atoms with van der Waals surface area (Å²) in [5.74, 6) is -0.332. The van der Waals surface area contributed by atoms with E-state index >= 15 is 0 Å². The van der Waals surface area contributed by atoms with E-state index in [-0.39, 0.29) is 12.4 Å². The second-order valence-electron chi connectivity index (χ2n) is 3.13. The first-order valence-corrected chi connectivity index (χ1v) is 4.84. The summed E-state index contributed by atoms with van der Waals surface area (Å²) in [5, 5.41) is 9.61. The lowest BCUT2D eigenvalue weighted by Gasteiger charge is -2.09. The Balaban J connectivity index is 2.66. The molecule has 3 N–H and O–H groups in total. The number of hydrogen-bond donors (Lipinski definition) is 2. The summed E-state index contributed by atoms with van der Waals surface area (Å²) in [6, 6.07) is 4.55.